The Kier molecular flexibility index (Phi) is 21.5. The third kappa shape index (κ3) is 19.7. The van der Waals surface area contributed by atoms with E-state index >= 15 is 0 Å². The zero-order chi connectivity index (χ0) is 36.9. The van der Waals surface area contributed by atoms with E-state index in [1.165, 1.54) is 6.42 Å². The third-order valence-corrected chi connectivity index (χ3v) is 6.88. The largest absolute Gasteiger partial charge is 0.444 e. The standard InChI is InChI=1S/C33H53N5O7.C3H8/c1-8-14-23(29(41)36-24(9-2)30(42)35-20-22-15-12-10-11-13-16-22)18-27(39)25(17-21(3)4)37-31(43)26(19-28(34)40)38-32(44)45-33(5,6)7;1-3-2/h8,10-13,15,21,23-27,39H,1,9,14,16-20H2,2-7H3,(H2,34,40)(H,35,42)(H,36,41)(H,37,43)(H,38,44);3H2,1-2H3/t23-,24+,25+,26+,27+;/m1./s1. The number of nitrogens with two attached hydrogens (primary N) is 1. The van der Waals surface area contributed by atoms with Crippen molar-refractivity contribution in [1.82, 2.24) is 21.3 Å². The van der Waals surface area contributed by atoms with Crippen LogP contribution in [0.2, 0.25) is 0 Å². The Bertz CT molecular complexity index is 1140. The molecular formula is C36H61N5O7. The molecular weight excluding hydrogens is 614 g/mol. The predicted molar refractivity (Wildman–Crippen MR) is 189 cm³/mol. The first-order valence-corrected chi connectivity index (χ1v) is 16.9. The number of amides is 5. The van der Waals surface area contributed by atoms with E-state index in [1.807, 2.05) is 44.2 Å². The number of rotatable bonds is 18. The average Bonchev–Trinajstić information content (AvgIpc) is 3.25. The summed E-state index contributed by atoms with van der Waals surface area (Å²) in [6.07, 6.45) is 11.5. The van der Waals surface area contributed by atoms with Gasteiger partial charge in [0.25, 0.3) is 0 Å². The van der Waals surface area contributed by atoms with E-state index in [2.05, 4.69) is 41.7 Å². The van der Waals surface area contributed by atoms with Gasteiger partial charge < -0.3 is 36.8 Å². The summed E-state index contributed by atoms with van der Waals surface area (Å²) in [6, 6.07) is -2.94. The van der Waals surface area contributed by atoms with Crippen LogP contribution in [0.15, 0.2) is 48.6 Å². The highest BCUT2D eigenvalue weighted by Crippen LogP contribution is 2.19. The van der Waals surface area contributed by atoms with E-state index in [0.29, 0.717) is 25.8 Å². The molecule has 48 heavy (non-hydrogen) atoms. The Balaban J connectivity index is 0.00000707. The van der Waals surface area contributed by atoms with Crippen molar-refractivity contribution >= 4 is 29.7 Å². The first-order valence-electron chi connectivity index (χ1n) is 16.9. The highest BCUT2D eigenvalue weighted by Gasteiger charge is 2.33. The van der Waals surface area contributed by atoms with Gasteiger partial charge in [-0.05, 0) is 64.4 Å². The number of hydrogen-bond acceptors (Lipinski definition) is 7. The molecule has 0 aliphatic heterocycles. The van der Waals surface area contributed by atoms with Crippen molar-refractivity contribution in [2.24, 2.45) is 17.6 Å². The van der Waals surface area contributed by atoms with Crippen molar-refractivity contribution in [3.63, 3.8) is 0 Å². The lowest BCUT2D eigenvalue weighted by Crippen LogP contribution is -2.55. The van der Waals surface area contributed by atoms with Gasteiger partial charge in [-0.1, -0.05) is 77.5 Å². The van der Waals surface area contributed by atoms with E-state index in [0.717, 1.165) is 5.57 Å². The van der Waals surface area contributed by atoms with E-state index in [9.17, 15) is 29.1 Å². The molecule has 0 aromatic rings. The van der Waals surface area contributed by atoms with Gasteiger partial charge in [-0.2, -0.15) is 0 Å². The molecule has 12 nitrogen and oxygen atoms in total. The van der Waals surface area contributed by atoms with Gasteiger partial charge in [0, 0.05) is 12.5 Å². The smallest absolute Gasteiger partial charge is 0.408 e. The number of alkyl carbamates (subject to hydrolysis) is 1. The Morgan fingerprint density at radius 2 is 1.60 bits per heavy atom. The Hall–Kier alpha value is -3.93. The second kappa shape index (κ2) is 23.4. The van der Waals surface area contributed by atoms with Gasteiger partial charge in [-0.25, -0.2) is 4.79 Å². The molecule has 0 aromatic carbocycles. The van der Waals surface area contributed by atoms with Crippen molar-refractivity contribution in [3.8, 4) is 0 Å². The summed E-state index contributed by atoms with van der Waals surface area (Å²) in [7, 11) is 0. The van der Waals surface area contributed by atoms with Gasteiger partial charge in [-0.3, -0.25) is 19.2 Å². The minimum Gasteiger partial charge on any atom is -0.444 e. The number of allylic oxidation sites excluding steroid dienone is 6. The zero-order valence-corrected chi connectivity index (χ0v) is 30.3. The highest BCUT2D eigenvalue weighted by molar-refractivity contribution is 5.91. The molecule has 5 atom stereocenters. The van der Waals surface area contributed by atoms with E-state index < -0.39 is 66.0 Å². The van der Waals surface area contributed by atoms with Gasteiger partial charge in [0.05, 0.1) is 18.6 Å². The molecule has 0 bridgehead atoms. The number of nitrogens with one attached hydrogen (secondary N) is 4. The summed E-state index contributed by atoms with van der Waals surface area (Å²) in [4.78, 5) is 63.5. The molecule has 5 amide bonds. The second-order valence-electron chi connectivity index (χ2n) is 13.4. The Morgan fingerprint density at radius 3 is 2.15 bits per heavy atom. The zero-order valence-electron chi connectivity index (χ0n) is 30.3. The van der Waals surface area contributed by atoms with Crippen molar-refractivity contribution < 1.29 is 33.8 Å². The number of aliphatic hydroxyl groups excluding tert-OH is 1. The van der Waals surface area contributed by atoms with Crippen LogP contribution < -0.4 is 27.0 Å². The normalized spacial score (nSPS) is 15.6. The molecule has 12 heteroatoms. The third-order valence-electron chi connectivity index (χ3n) is 6.88. The Labute approximate surface area is 287 Å². The molecule has 0 fully saturated rings. The predicted octanol–water partition coefficient (Wildman–Crippen LogP) is 4.10. The number of aliphatic hydroxyl groups is 1. The van der Waals surface area contributed by atoms with Crippen LogP contribution in [-0.2, 0) is 23.9 Å². The molecule has 1 rings (SSSR count). The lowest BCUT2D eigenvalue weighted by molar-refractivity contribution is -0.132. The first kappa shape index (κ1) is 44.1. The van der Waals surface area contributed by atoms with Crippen molar-refractivity contribution in [2.75, 3.05) is 6.54 Å². The van der Waals surface area contributed by atoms with Crippen LogP contribution in [0.5, 0.6) is 0 Å². The number of carbonyl (C=O) groups excluding carboxylic acids is 5. The lowest BCUT2D eigenvalue weighted by Gasteiger charge is -2.30. The molecule has 1 aliphatic carbocycles. The molecule has 0 saturated heterocycles. The van der Waals surface area contributed by atoms with Crippen LogP contribution in [0.3, 0.4) is 0 Å². The van der Waals surface area contributed by atoms with Gasteiger partial charge in [0.2, 0.25) is 23.6 Å². The molecule has 7 N–H and O–H groups in total. The molecule has 0 unspecified atom stereocenters. The minimum atomic E-state index is -1.34. The second-order valence-corrected chi connectivity index (χ2v) is 13.4. The van der Waals surface area contributed by atoms with Gasteiger partial charge >= 0.3 is 6.09 Å². The summed E-state index contributed by atoms with van der Waals surface area (Å²) in [5.74, 6) is -3.00. The number of carbonyl (C=O) groups is 5. The Morgan fingerprint density at radius 1 is 0.958 bits per heavy atom. The van der Waals surface area contributed by atoms with Gasteiger partial charge in [0.1, 0.15) is 17.7 Å². The quantitative estimate of drug-likeness (QED) is 0.118. The molecule has 0 saturated carbocycles. The van der Waals surface area contributed by atoms with Gasteiger partial charge in [-0.15, -0.1) is 6.58 Å². The fourth-order valence-electron chi connectivity index (χ4n) is 4.65. The number of primary amides is 1. The first-order chi connectivity index (χ1) is 22.5. The van der Waals surface area contributed by atoms with E-state index in [-0.39, 0.29) is 24.7 Å². The fraction of sp³-hybridized carbons (Fsp3) is 0.639. The van der Waals surface area contributed by atoms with Crippen LogP contribution in [0.4, 0.5) is 4.79 Å². The monoisotopic (exact) mass is 675 g/mol. The van der Waals surface area contributed by atoms with E-state index in [4.69, 9.17) is 10.5 Å². The van der Waals surface area contributed by atoms with Crippen LogP contribution in [-0.4, -0.2) is 71.2 Å². The molecule has 1 aliphatic rings. The lowest BCUT2D eigenvalue weighted by atomic mass is 9.89. The highest BCUT2D eigenvalue weighted by atomic mass is 16.6. The van der Waals surface area contributed by atoms with Crippen LogP contribution in [0.1, 0.15) is 100 Å². The fourth-order valence-corrected chi connectivity index (χ4v) is 4.65. The maximum absolute atomic E-state index is 13.3. The summed E-state index contributed by atoms with van der Waals surface area (Å²) < 4.78 is 5.21. The minimum absolute atomic E-state index is 0.0350. The number of hydrogen-bond donors (Lipinski definition) is 6. The molecule has 0 aromatic heterocycles. The summed E-state index contributed by atoms with van der Waals surface area (Å²) in [5.41, 5.74) is 5.51. The summed E-state index contributed by atoms with van der Waals surface area (Å²) >= 11 is 0. The average molecular weight is 676 g/mol. The van der Waals surface area contributed by atoms with Crippen molar-refractivity contribution in [1.29, 1.82) is 0 Å². The molecule has 0 radical (unpaired) electrons. The van der Waals surface area contributed by atoms with E-state index in [1.54, 1.807) is 33.8 Å². The topological polar surface area (TPSA) is 189 Å². The molecule has 0 heterocycles. The number of ether oxygens (including phenoxy) is 1. The summed E-state index contributed by atoms with van der Waals surface area (Å²) in [6.45, 7) is 18.9. The SMILES string of the molecule is C=CC[C@H](C[C@H](O)[C@H](CC(C)C)NC(=O)[C@H](CC(N)=O)NC(=O)OC(C)(C)C)C(=O)N[C@@H](CC)C(=O)NCC1=CC=CC=CC1.CCC. The maximum Gasteiger partial charge on any atom is 0.408 e. The maximum atomic E-state index is 13.3. The van der Waals surface area contributed by atoms with Crippen molar-refractivity contribution in [2.45, 2.75) is 130 Å². The van der Waals surface area contributed by atoms with Crippen LogP contribution in [0, 0.1) is 11.8 Å². The van der Waals surface area contributed by atoms with Crippen LogP contribution >= 0.6 is 0 Å². The van der Waals surface area contributed by atoms with Crippen LogP contribution in [0.25, 0.3) is 0 Å². The molecule has 0 spiro atoms. The molecule has 272 valence electrons. The van der Waals surface area contributed by atoms with Crippen molar-refractivity contribution in [3.05, 3.63) is 48.6 Å². The summed E-state index contributed by atoms with van der Waals surface area (Å²) in [5, 5.41) is 22.1. The van der Waals surface area contributed by atoms with Gasteiger partial charge in [0.15, 0.2) is 0 Å².